The smallest absolute Gasteiger partial charge is 0.248 e. The van der Waals surface area contributed by atoms with E-state index in [1.165, 1.54) is 6.08 Å². The first-order valence-corrected chi connectivity index (χ1v) is 7.29. The average Bonchev–Trinajstić information content (AvgIpc) is 2.53. The molecule has 1 amide bonds. The van der Waals surface area contributed by atoms with Gasteiger partial charge < -0.3 is 10.3 Å². The predicted octanol–water partition coefficient (Wildman–Crippen LogP) is 3.49. The molecule has 3 aromatic rings. The number of hydrogen-bond donors (Lipinski definition) is 2. The summed E-state index contributed by atoms with van der Waals surface area (Å²) in [6.45, 7) is 1.89. The van der Waals surface area contributed by atoms with Crippen molar-refractivity contribution in [3.63, 3.8) is 0 Å². The van der Waals surface area contributed by atoms with Crippen LogP contribution in [0.15, 0.2) is 65.5 Å². The second kappa shape index (κ2) is 6.32. The first-order valence-electron chi connectivity index (χ1n) is 7.29. The summed E-state index contributed by atoms with van der Waals surface area (Å²) in [4.78, 5) is 26.3. The van der Waals surface area contributed by atoms with Gasteiger partial charge in [0, 0.05) is 23.2 Å². The molecule has 4 heteroatoms. The Kier molecular flexibility index (Phi) is 4.06. The summed E-state index contributed by atoms with van der Waals surface area (Å²) in [6.07, 6.45) is 3.24. The third-order valence-corrected chi connectivity index (χ3v) is 3.54. The lowest BCUT2D eigenvalue weighted by Gasteiger charge is -2.06. The zero-order valence-electron chi connectivity index (χ0n) is 12.7. The quantitative estimate of drug-likeness (QED) is 0.728. The monoisotopic (exact) mass is 304 g/mol. The van der Waals surface area contributed by atoms with Gasteiger partial charge in [0.05, 0.1) is 5.52 Å². The number of aromatic amines is 1. The maximum atomic E-state index is 12.0. The van der Waals surface area contributed by atoms with Gasteiger partial charge in [0.15, 0.2) is 0 Å². The van der Waals surface area contributed by atoms with Gasteiger partial charge in [-0.25, -0.2) is 0 Å². The molecule has 0 radical (unpaired) electrons. The number of rotatable bonds is 3. The number of carbonyl (C=O) groups excluding carboxylic acids is 1. The first-order chi connectivity index (χ1) is 11.1. The van der Waals surface area contributed by atoms with E-state index in [4.69, 9.17) is 0 Å². The van der Waals surface area contributed by atoms with Crippen molar-refractivity contribution in [3.8, 4) is 0 Å². The van der Waals surface area contributed by atoms with Gasteiger partial charge in [-0.1, -0.05) is 36.4 Å². The van der Waals surface area contributed by atoms with Gasteiger partial charge in [-0.15, -0.1) is 0 Å². The number of H-pyrrole nitrogens is 1. The zero-order chi connectivity index (χ0) is 16.2. The number of pyridine rings is 1. The van der Waals surface area contributed by atoms with Crippen molar-refractivity contribution >= 4 is 28.6 Å². The lowest BCUT2D eigenvalue weighted by atomic mass is 10.1. The molecule has 2 N–H and O–H groups in total. The fourth-order valence-electron chi connectivity index (χ4n) is 2.43. The molecule has 0 spiro atoms. The maximum absolute atomic E-state index is 12.0. The topological polar surface area (TPSA) is 62.0 Å². The fourth-order valence-corrected chi connectivity index (χ4v) is 2.43. The predicted molar refractivity (Wildman–Crippen MR) is 93.4 cm³/mol. The number of hydrogen-bond acceptors (Lipinski definition) is 2. The Morgan fingerprint density at radius 1 is 1.09 bits per heavy atom. The molecule has 0 aliphatic heterocycles. The van der Waals surface area contributed by atoms with Gasteiger partial charge in [-0.2, -0.15) is 0 Å². The molecule has 0 saturated heterocycles. The molecule has 1 heterocycles. The zero-order valence-corrected chi connectivity index (χ0v) is 12.7. The van der Waals surface area contributed by atoms with Crippen molar-refractivity contribution in [2.24, 2.45) is 0 Å². The molecular weight excluding hydrogens is 288 g/mol. The number of aromatic nitrogens is 1. The second-order valence-electron chi connectivity index (χ2n) is 5.31. The molecule has 1 aromatic heterocycles. The van der Waals surface area contributed by atoms with Crippen molar-refractivity contribution in [1.29, 1.82) is 0 Å². The molecule has 0 unspecified atom stereocenters. The third-order valence-electron chi connectivity index (χ3n) is 3.54. The summed E-state index contributed by atoms with van der Waals surface area (Å²) >= 11 is 0. The minimum absolute atomic E-state index is 0.151. The summed E-state index contributed by atoms with van der Waals surface area (Å²) in [6, 6.07) is 16.6. The minimum Gasteiger partial charge on any atom is -0.322 e. The number of fused-ring (bicyclic) bond motifs is 1. The summed E-state index contributed by atoms with van der Waals surface area (Å²) in [7, 11) is 0. The SMILES string of the molecule is Cc1cc(=O)[nH]c2cc(NC(=O)/C=C/c3ccccc3)ccc12. The number of nitrogens with one attached hydrogen (secondary N) is 2. The van der Waals surface area contributed by atoms with E-state index in [1.54, 1.807) is 18.2 Å². The Morgan fingerprint density at radius 2 is 1.87 bits per heavy atom. The van der Waals surface area contributed by atoms with Crippen LogP contribution in [0.3, 0.4) is 0 Å². The lowest BCUT2D eigenvalue weighted by Crippen LogP contribution is -2.09. The Morgan fingerprint density at radius 3 is 2.65 bits per heavy atom. The van der Waals surface area contributed by atoms with E-state index in [0.29, 0.717) is 11.2 Å². The molecule has 3 rings (SSSR count). The van der Waals surface area contributed by atoms with Crippen LogP contribution in [0.4, 0.5) is 5.69 Å². The number of amides is 1. The highest BCUT2D eigenvalue weighted by atomic mass is 16.1. The van der Waals surface area contributed by atoms with E-state index in [2.05, 4.69) is 10.3 Å². The Bertz CT molecular complexity index is 940. The summed E-state index contributed by atoms with van der Waals surface area (Å²) < 4.78 is 0. The number of benzene rings is 2. The van der Waals surface area contributed by atoms with Crippen molar-refractivity contribution in [3.05, 3.63) is 82.2 Å². The summed E-state index contributed by atoms with van der Waals surface area (Å²) in [5, 5.41) is 3.76. The Balaban J connectivity index is 1.80. The lowest BCUT2D eigenvalue weighted by molar-refractivity contribution is -0.111. The molecule has 0 atom stereocenters. The van der Waals surface area contributed by atoms with E-state index >= 15 is 0 Å². The number of anilines is 1. The van der Waals surface area contributed by atoms with Gasteiger partial charge >= 0.3 is 0 Å². The molecule has 23 heavy (non-hydrogen) atoms. The van der Waals surface area contributed by atoms with Crippen LogP contribution >= 0.6 is 0 Å². The Labute approximate surface area is 133 Å². The van der Waals surface area contributed by atoms with E-state index in [9.17, 15) is 9.59 Å². The van der Waals surface area contributed by atoms with Crippen molar-refractivity contribution in [2.45, 2.75) is 6.92 Å². The molecule has 114 valence electrons. The van der Waals surface area contributed by atoms with E-state index in [-0.39, 0.29) is 11.5 Å². The highest BCUT2D eigenvalue weighted by molar-refractivity contribution is 6.03. The van der Waals surface area contributed by atoms with Crippen molar-refractivity contribution < 1.29 is 4.79 Å². The molecule has 0 saturated carbocycles. The summed E-state index contributed by atoms with van der Waals surface area (Å²) in [5.41, 5.74) is 3.07. The van der Waals surface area contributed by atoms with Crippen LogP contribution in [-0.2, 0) is 4.79 Å². The average molecular weight is 304 g/mol. The molecule has 0 bridgehead atoms. The van der Waals surface area contributed by atoms with Gasteiger partial charge in [0.25, 0.3) is 0 Å². The number of aryl methyl sites for hydroxylation is 1. The van der Waals surface area contributed by atoms with Crippen LogP contribution in [0.2, 0.25) is 0 Å². The van der Waals surface area contributed by atoms with Crippen LogP contribution in [0.1, 0.15) is 11.1 Å². The van der Waals surface area contributed by atoms with Gasteiger partial charge in [0.1, 0.15) is 0 Å². The van der Waals surface area contributed by atoms with Crippen LogP contribution in [0.5, 0.6) is 0 Å². The first kappa shape index (κ1) is 14.8. The molecule has 0 aliphatic rings. The molecule has 2 aromatic carbocycles. The third kappa shape index (κ3) is 3.55. The second-order valence-corrected chi connectivity index (χ2v) is 5.31. The van der Waals surface area contributed by atoms with Crippen LogP contribution in [-0.4, -0.2) is 10.9 Å². The van der Waals surface area contributed by atoms with E-state index < -0.39 is 0 Å². The van der Waals surface area contributed by atoms with Crippen LogP contribution in [0.25, 0.3) is 17.0 Å². The summed E-state index contributed by atoms with van der Waals surface area (Å²) in [5.74, 6) is -0.219. The molecule has 0 fully saturated rings. The van der Waals surface area contributed by atoms with Crippen molar-refractivity contribution in [1.82, 2.24) is 4.98 Å². The fraction of sp³-hybridized carbons (Fsp3) is 0.0526. The molecular formula is C19H16N2O2. The molecule has 0 aliphatic carbocycles. The number of carbonyl (C=O) groups is 1. The normalized spacial score (nSPS) is 11.0. The van der Waals surface area contributed by atoms with Crippen molar-refractivity contribution in [2.75, 3.05) is 5.32 Å². The highest BCUT2D eigenvalue weighted by Crippen LogP contribution is 2.19. The Hall–Kier alpha value is -3.14. The van der Waals surface area contributed by atoms with Crippen LogP contribution in [0, 0.1) is 6.92 Å². The highest BCUT2D eigenvalue weighted by Gasteiger charge is 2.03. The van der Waals surface area contributed by atoms with Gasteiger partial charge in [-0.05, 0) is 36.3 Å². The standard InChI is InChI=1S/C19H16N2O2/c1-13-11-19(23)21-17-12-15(8-9-16(13)17)20-18(22)10-7-14-5-3-2-4-6-14/h2-12H,1H3,(H,20,22)(H,21,23)/b10-7+. The van der Waals surface area contributed by atoms with Gasteiger partial charge in [0.2, 0.25) is 11.5 Å². The van der Waals surface area contributed by atoms with E-state index in [0.717, 1.165) is 16.5 Å². The maximum Gasteiger partial charge on any atom is 0.248 e. The molecule has 4 nitrogen and oxygen atoms in total. The minimum atomic E-state index is -0.219. The van der Waals surface area contributed by atoms with Crippen LogP contribution < -0.4 is 10.9 Å². The largest absolute Gasteiger partial charge is 0.322 e. The van der Waals surface area contributed by atoms with E-state index in [1.807, 2.05) is 49.4 Å². The van der Waals surface area contributed by atoms with Gasteiger partial charge in [-0.3, -0.25) is 9.59 Å².